The monoisotopic (exact) mass is 320 g/mol. The fourth-order valence-corrected chi connectivity index (χ4v) is 2.54. The van der Waals surface area contributed by atoms with Crippen LogP contribution in [-0.2, 0) is 0 Å². The summed E-state index contributed by atoms with van der Waals surface area (Å²) < 4.78 is 45.3. The van der Waals surface area contributed by atoms with E-state index >= 15 is 0 Å². The maximum atomic E-state index is 13.9. The van der Waals surface area contributed by atoms with Gasteiger partial charge in [-0.25, -0.2) is 13.2 Å². The van der Waals surface area contributed by atoms with Gasteiger partial charge >= 0.3 is 0 Å². The lowest BCUT2D eigenvalue weighted by molar-refractivity contribution is 0.405. The lowest BCUT2D eigenvalue weighted by Gasteiger charge is -2.16. The molecule has 0 radical (unpaired) electrons. The predicted octanol–water partition coefficient (Wildman–Crippen LogP) is 5.09. The van der Waals surface area contributed by atoms with Gasteiger partial charge in [-0.1, -0.05) is 17.7 Å². The van der Waals surface area contributed by atoms with E-state index in [-0.39, 0.29) is 21.9 Å². The first kappa shape index (κ1) is 15.0. The van der Waals surface area contributed by atoms with Crippen LogP contribution in [0.25, 0.3) is 0 Å². The SMILES string of the molecule is COc1cccc(F)c1C(Cl)c1cc(F)c(F)cc1Cl. The largest absolute Gasteiger partial charge is 0.496 e. The van der Waals surface area contributed by atoms with Gasteiger partial charge in [-0.3, -0.25) is 0 Å². The van der Waals surface area contributed by atoms with Gasteiger partial charge in [0, 0.05) is 5.02 Å². The lowest BCUT2D eigenvalue weighted by atomic mass is 10.0. The first-order chi connectivity index (χ1) is 9.45. The highest BCUT2D eigenvalue weighted by Gasteiger charge is 2.23. The van der Waals surface area contributed by atoms with E-state index in [0.717, 1.165) is 12.1 Å². The van der Waals surface area contributed by atoms with Gasteiger partial charge in [-0.15, -0.1) is 11.6 Å². The zero-order chi connectivity index (χ0) is 14.9. The summed E-state index contributed by atoms with van der Waals surface area (Å²) >= 11 is 12.0. The quantitative estimate of drug-likeness (QED) is 0.565. The summed E-state index contributed by atoms with van der Waals surface area (Å²) in [5.74, 6) is -2.62. The third kappa shape index (κ3) is 2.72. The molecule has 1 nitrogen and oxygen atoms in total. The Hall–Kier alpha value is -1.39. The fraction of sp³-hybridized carbons (Fsp3) is 0.143. The molecule has 0 spiro atoms. The Morgan fingerprint density at radius 2 is 1.70 bits per heavy atom. The molecule has 20 heavy (non-hydrogen) atoms. The highest BCUT2D eigenvalue weighted by Crippen LogP contribution is 2.40. The van der Waals surface area contributed by atoms with Gasteiger partial charge in [0.25, 0.3) is 0 Å². The molecule has 1 unspecified atom stereocenters. The van der Waals surface area contributed by atoms with Crippen LogP contribution < -0.4 is 4.74 Å². The normalized spacial score (nSPS) is 12.3. The molecule has 0 aliphatic carbocycles. The number of hydrogen-bond donors (Lipinski definition) is 0. The summed E-state index contributed by atoms with van der Waals surface area (Å²) in [6.45, 7) is 0. The Labute approximate surface area is 123 Å². The molecule has 1 atom stereocenters. The van der Waals surface area contributed by atoms with Gasteiger partial charge in [-0.05, 0) is 29.8 Å². The molecule has 2 aromatic carbocycles. The van der Waals surface area contributed by atoms with E-state index in [1.807, 2.05) is 0 Å². The van der Waals surface area contributed by atoms with Gasteiger partial charge in [-0.2, -0.15) is 0 Å². The molecule has 0 aliphatic rings. The zero-order valence-electron chi connectivity index (χ0n) is 10.3. The van der Waals surface area contributed by atoms with E-state index in [1.54, 1.807) is 0 Å². The summed E-state index contributed by atoms with van der Waals surface area (Å²) in [7, 11) is 1.36. The smallest absolute Gasteiger partial charge is 0.160 e. The number of halogens is 5. The first-order valence-electron chi connectivity index (χ1n) is 5.56. The van der Waals surface area contributed by atoms with E-state index in [4.69, 9.17) is 27.9 Å². The molecule has 0 aromatic heterocycles. The Kier molecular flexibility index (Phi) is 4.45. The number of hydrogen-bond acceptors (Lipinski definition) is 1. The van der Waals surface area contributed by atoms with Crippen LogP contribution in [0.4, 0.5) is 13.2 Å². The minimum atomic E-state index is -1.11. The minimum absolute atomic E-state index is 0.0181. The van der Waals surface area contributed by atoms with Crippen molar-refractivity contribution in [2.24, 2.45) is 0 Å². The van der Waals surface area contributed by atoms with Gasteiger partial charge in [0.05, 0.1) is 18.1 Å². The van der Waals surface area contributed by atoms with Crippen molar-refractivity contribution >= 4 is 23.2 Å². The minimum Gasteiger partial charge on any atom is -0.496 e. The molecule has 0 saturated carbocycles. The molecule has 0 fully saturated rings. The van der Waals surface area contributed by atoms with Crippen LogP contribution in [0.2, 0.25) is 5.02 Å². The van der Waals surface area contributed by atoms with Crippen LogP contribution in [0, 0.1) is 17.5 Å². The molecular formula is C14H9Cl2F3O. The van der Waals surface area contributed by atoms with E-state index in [2.05, 4.69) is 0 Å². The first-order valence-corrected chi connectivity index (χ1v) is 6.38. The number of benzene rings is 2. The standard InChI is InChI=1S/C14H9Cl2F3O/c1-20-12-4-2-3-9(17)13(12)14(16)7-5-10(18)11(19)6-8(7)15/h2-6,14H,1H3. The Bertz CT molecular complexity index is 647. The van der Waals surface area contributed by atoms with E-state index in [0.29, 0.717) is 0 Å². The van der Waals surface area contributed by atoms with Gasteiger partial charge in [0.2, 0.25) is 0 Å². The second-order valence-electron chi connectivity index (χ2n) is 4.01. The molecule has 106 valence electrons. The third-order valence-electron chi connectivity index (χ3n) is 2.80. The molecule has 0 N–H and O–H groups in total. The average molecular weight is 321 g/mol. The third-order valence-corrected chi connectivity index (χ3v) is 3.58. The molecule has 0 saturated heterocycles. The molecule has 6 heteroatoms. The summed E-state index contributed by atoms with van der Waals surface area (Å²) in [5, 5.41) is -1.19. The maximum Gasteiger partial charge on any atom is 0.160 e. The lowest BCUT2D eigenvalue weighted by Crippen LogP contribution is -2.03. The molecule has 0 amide bonds. The predicted molar refractivity (Wildman–Crippen MR) is 72.0 cm³/mol. The molecule has 0 heterocycles. The molecule has 2 rings (SSSR count). The van der Waals surface area contributed by atoms with Crippen LogP contribution in [0.1, 0.15) is 16.5 Å². The average Bonchev–Trinajstić information content (AvgIpc) is 2.41. The molecule has 2 aromatic rings. The van der Waals surface area contributed by atoms with Crippen molar-refractivity contribution in [2.45, 2.75) is 5.38 Å². The van der Waals surface area contributed by atoms with Crippen molar-refractivity contribution in [3.8, 4) is 5.75 Å². The number of rotatable bonds is 3. The van der Waals surface area contributed by atoms with Crippen LogP contribution in [-0.4, -0.2) is 7.11 Å². The van der Waals surface area contributed by atoms with Gasteiger partial charge in [0.1, 0.15) is 11.6 Å². The number of ether oxygens (including phenoxy) is 1. The van der Waals surface area contributed by atoms with Crippen LogP contribution in [0.5, 0.6) is 5.75 Å². The van der Waals surface area contributed by atoms with E-state index in [9.17, 15) is 13.2 Å². The summed E-state index contributed by atoms with van der Waals surface area (Å²) in [6, 6.07) is 5.81. The second-order valence-corrected chi connectivity index (χ2v) is 4.85. The van der Waals surface area contributed by atoms with Gasteiger partial charge in [0.15, 0.2) is 11.6 Å². The number of methoxy groups -OCH3 is 1. The van der Waals surface area contributed by atoms with Crippen molar-refractivity contribution in [1.29, 1.82) is 0 Å². The van der Waals surface area contributed by atoms with Crippen LogP contribution in [0.15, 0.2) is 30.3 Å². The van der Waals surface area contributed by atoms with Crippen LogP contribution >= 0.6 is 23.2 Å². The Morgan fingerprint density at radius 3 is 2.35 bits per heavy atom. The van der Waals surface area contributed by atoms with Crippen molar-refractivity contribution < 1.29 is 17.9 Å². The number of alkyl halides is 1. The highest BCUT2D eigenvalue weighted by atomic mass is 35.5. The van der Waals surface area contributed by atoms with Crippen molar-refractivity contribution in [3.63, 3.8) is 0 Å². The van der Waals surface area contributed by atoms with Gasteiger partial charge < -0.3 is 4.74 Å². The Morgan fingerprint density at radius 1 is 1.05 bits per heavy atom. The highest BCUT2D eigenvalue weighted by molar-refractivity contribution is 6.33. The van der Waals surface area contributed by atoms with Crippen molar-refractivity contribution in [3.05, 3.63) is 63.9 Å². The molecule has 0 aliphatic heterocycles. The zero-order valence-corrected chi connectivity index (χ0v) is 11.8. The van der Waals surface area contributed by atoms with Crippen molar-refractivity contribution in [1.82, 2.24) is 0 Å². The molecule has 0 bridgehead atoms. The maximum absolute atomic E-state index is 13.9. The summed E-state index contributed by atoms with van der Waals surface area (Å²) in [5.41, 5.74) is 0.0835. The van der Waals surface area contributed by atoms with Crippen molar-refractivity contribution in [2.75, 3.05) is 7.11 Å². The fourth-order valence-electron chi connectivity index (χ4n) is 1.83. The summed E-state index contributed by atoms with van der Waals surface area (Å²) in [6.07, 6.45) is 0. The summed E-state index contributed by atoms with van der Waals surface area (Å²) in [4.78, 5) is 0. The van der Waals surface area contributed by atoms with E-state index < -0.39 is 22.8 Å². The van der Waals surface area contributed by atoms with E-state index in [1.165, 1.54) is 25.3 Å². The van der Waals surface area contributed by atoms with Crippen LogP contribution in [0.3, 0.4) is 0 Å². The molecular weight excluding hydrogens is 312 g/mol. The second kappa shape index (κ2) is 5.94. The topological polar surface area (TPSA) is 9.23 Å². The Balaban J connectivity index is 2.57.